The van der Waals surface area contributed by atoms with Crippen molar-refractivity contribution in [1.82, 2.24) is 4.90 Å². The molecule has 1 heterocycles. The number of ether oxygens (including phenoxy) is 5. The largest absolute Gasteiger partial charge is 0.459 e. The lowest BCUT2D eigenvalue weighted by atomic mass is 9.55. The Balaban J connectivity index is 1.57. The molecule has 66 heavy (non-hydrogen) atoms. The minimum Gasteiger partial charge on any atom is -0.459 e. The highest BCUT2D eigenvalue weighted by atomic mass is 16.7. The lowest BCUT2D eigenvalue weighted by molar-refractivity contribution is -0.384. The molecule has 6 rings (SSSR count). The topological polar surface area (TPSA) is 209 Å². The summed E-state index contributed by atoms with van der Waals surface area (Å²) < 4.78 is 32.3. The van der Waals surface area contributed by atoms with Crippen LogP contribution in [-0.4, -0.2) is 108 Å². The molecule has 0 bridgehead atoms. The first-order valence-corrected chi connectivity index (χ1v) is 22.6. The highest BCUT2D eigenvalue weighted by molar-refractivity contribution is 6.03. The monoisotopic (exact) mass is 911 g/mol. The van der Waals surface area contributed by atoms with Crippen molar-refractivity contribution in [2.24, 2.45) is 22.9 Å². The second-order valence-corrected chi connectivity index (χ2v) is 16.5. The van der Waals surface area contributed by atoms with Crippen LogP contribution >= 0.6 is 0 Å². The van der Waals surface area contributed by atoms with E-state index in [1.54, 1.807) is 59.5 Å². The second kappa shape index (κ2) is 24.6. The summed E-state index contributed by atoms with van der Waals surface area (Å²) in [6.45, 7) is 7.81. The number of non-ortho nitro benzene ring substituents is 1. The van der Waals surface area contributed by atoms with Crippen LogP contribution in [0.5, 0.6) is 17.2 Å². The molecule has 3 N–H and O–H groups in total. The van der Waals surface area contributed by atoms with Crippen molar-refractivity contribution in [1.29, 1.82) is 0 Å². The van der Waals surface area contributed by atoms with Gasteiger partial charge in [-0.25, -0.2) is 4.79 Å². The average Bonchev–Trinajstić information content (AvgIpc) is 3.32. The van der Waals surface area contributed by atoms with Crippen LogP contribution in [0.25, 0.3) is 0 Å². The van der Waals surface area contributed by atoms with Crippen LogP contribution in [0, 0.1) is 27.9 Å². The number of nitro benzene ring substituents is 1. The predicted molar refractivity (Wildman–Crippen MR) is 246 cm³/mol. The van der Waals surface area contributed by atoms with E-state index in [1.165, 1.54) is 12.1 Å². The van der Waals surface area contributed by atoms with Crippen LogP contribution in [0.15, 0.2) is 109 Å². The van der Waals surface area contributed by atoms with E-state index in [0.29, 0.717) is 66.2 Å². The molecule has 1 saturated carbocycles. The lowest BCUT2D eigenvalue weighted by Crippen LogP contribution is -2.70. The number of hydrogen-bond acceptors (Lipinski definition) is 14. The summed E-state index contributed by atoms with van der Waals surface area (Å²) >= 11 is 0. The number of hydrogen-bond donors (Lipinski definition) is 3. The number of rotatable bonds is 27. The molecule has 354 valence electrons. The average molecular weight is 912 g/mol. The normalized spacial score (nSPS) is 22.2. The lowest BCUT2D eigenvalue weighted by Gasteiger charge is -2.59. The van der Waals surface area contributed by atoms with E-state index < -0.39 is 28.8 Å². The molecule has 0 aromatic heterocycles. The van der Waals surface area contributed by atoms with Crippen molar-refractivity contribution in [2.45, 2.75) is 75.7 Å². The van der Waals surface area contributed by atoms with Gasteiger partial charge in [0, 0.05) is 55.4 Å². The first-order valence-electron chi connectivity index (χ1n) is 22.6. The maximum Gasteiger partial charge on any atom is 0.410 e. The van der Waals surface area contributed by atoms with Crippen molar-refractivity contribution in [2.75, 3.05) is 52.8 Å². The molecule has 6 unspecified atom stereocenters. The van der Waals surface area contributed by atoms with Crippen molar-refractivity contribution in [3.05, 3.63) is 130 Å². The van der Waals surface area contributed by atoms with Gasteiger partial charge in [0.2, 0.25) is 5.79 Å². The molecule has 0 radical (unpaired) electrons. The number of allylic oxidation sites excluding steroid dienone is 1. The van der Waals surface area contributed by atoms with Crippen LogP contribution < -0.4 is 9.47 Å². The SMILES string of the molecule is C=CCCOC(=O)N(CCOCCO)C1CC(=NOCc2ccc([N+](=O)[O-])cc2)C2=CC(CCCCO)C(CCCCO)C3c4cc(Oc5cccc(C=O)c5)ccc4OC1(OCC=C)C23. The summed E-state index contributed by atoms with van der Waals surface area (Å²) in [7, 11) is 0. The van der Waals surface area contributed by atoms with Crippen LogP contribution in [0.3, 0.4) is 0 Å². The standard InChI is InChI=1S/C50H61N3O13/c1-3-5-26-62-49(58)52(21-27-61-28-24-56)46-32-44(51-64-34-35-15-17-38(18-16-35)53(59)60)42-30-37(12-6-8-22-54)41(14-7-9-23-55)47-43-31-40(65-39-13-10-11-36(29-39)33-57)19-20-45(43)66-50(46,48(42)47)63-25-4-2/h3-4,10-11,13,15-20,29-31,33,37,41,46-48,54-56H,1-2,5-9,12,14,21-28,32,34H2. The van der Waals surface area contributed by atoms with Crippen molar-refractivity contribution < 1.29 is 58.4 Å². The third-order valence-electron chi connectivity index (χ3n) is 12.3. The number of aliphatic hydroxyl groups excluding tert-OH is 3. The quantitative estimate of drug-likeness (QED) is 0.0218. The van der Waals surface area contributed by atoms with E-state index in [1.807, 2.05) is 12.1 Å². The molecular weight excluding hydrogens is 851 g/mol. The summed E-state index contributed by atoms with van der Waals surface area (Å²) in [6, 6.07) is 17.5. The van der Waals surface area contributed by atoms with Gasteiger partial charge in [-0.15, -0.1) is 13.2 Å². The first-order chi connectivity index (χ1) is 32.2. The van der Waals surface area contributed by atoms with E-state index in [-0.39, 0.29) is 89.3 Å². The highest BCUT2D eigenvalue weighted by Crippen LogP contribution is 2.62. The molecule has 0 saturated heterocycles. The molecule has 16 heteroatoms. The number of oxime groups is 1. The summed E-state index contributed by atoms with van der Waals surface area (Å²) in [5.74, 6) is -1.24. The van der Waals surface area contributed by atoms with E-state index in [0.717, 1.165) is 30.3 Å². The van der Waals surface area contributed by atoms with Gasteiger partial charge in [-0.1, -0.05) is 48.4 Å². The van der Waals surface area contributed by atoms with Crippen molar-refractivity contribution in [3.63, 3.8) is 0 Å². The zero-order chi connectivity index (χ0) is 46.9. The molecule has 3 aliphatic rings. The first kappa shape index (κ1) is 49.5. The van der Waals surface area contributed by atoms with Crippen LogP contribution in [0.4, 0.5) is 10.5 Å². The third kappa shape index (κ3) is 11.9. The Bertz CT molecular complexity index is 2180. The Hall–Kier alpha value is -5.91. The van der Waals surface area contributed by atoms with E-state index >= 15 is 0 Å². The fraction of sp³-hybridized carbons (Fsp3) is 0.460. The Kier molecular flexibility index (Phi) is 18.4. The highest BCUT2D eigenvalue weighted by Gasteiger charge is 2.65. The predicted octanol–water partition coefficient (Wildman–Crippen LogP) is 8.06. The Morgan fingerprint density at radius 1 is 0.939 bits per heavy atom. The Morgan fingerprint density at radius 3 is 2.42 bits per heavy atom. The minimum absolute atomic E-state index is 0.0109. The van der Waals surface area contributed by atoms with Gasteiger partial charge in [-0.3, -0.25) is 19.8 Å². The number of nitro groups is 1. The fourth-order valence-electron chi connectivity index (χ4n) is 9.41. The maximum atomic E-state index is 14.5. The van der Waals surface area contributed by atoms with E-state index in [4.69, 9.17) is 33.7 Å². The number of unbranched alkanes of at least 4 members (excludes halogenated alkanes) is 2. The Morgan fingerprint density at radius 2 is 1.71 bits per heavy atom. The Labute approximate surface area is 385 Å². The maximum absolute atomic E-state index is 14.5. The van der Waals surface area contributed by atoms with Gasteiger partial charge in [0.15, 0.2) is 0 Å². The van der Waals surface area contributed by atoms with Crippen LogP contribution in [0.2, 0.25) is 0 Å². The third-order valence-corrected chi connectivity index (χ3v) is 12.3. The molecule has 3 aromatic carbocycles. The van der Waals surface area contributed by atoms with Gasteiger partial charge in [0.05, 0.1) is 49.6 Å². The van der Waals surface area contributed by atoms with Crippen molar-refractivity contribution >= 4 is 23.8 Å². The van der Waals surface area contributed by atoms with Gasteiger partial charge in [-0.2, -0.15) is 0 Å². The number of benzene rings is 3. The molecular formula is C50H61N3O13. The summed E-state index contributed by atoms with van der Waals surface area (Å²) in [5.41, 5.74) is 3.20. The number of fused-ring (bicyclic) bond motifs is 2. The van der Waals surface area contributed by atoms with E-state index in [2.05, 4.69) is 19.2 Å². The second-order valence-electron chi connectivity index (χ2n) is 16.5. The molecule has 1 aliphatic heterocycles. The van der Waals surface area contributed by atoms with Crippen molar-refractivity contribution in [3.8, 4) is 17.2 Å². The zero-order valence-corrected chi connectivity index (χ0v) is 37.2. The van der Waals surface area contributed by atoms with Gasteiger partial charge < -0.3 is 43.8 Å². The molecule has 0 spiro atoms. The minimum atomic E-state index is -1.59. The summed E-state index contributed by atoms with van der Waals surface area (Å²) in [5, 5.41) is 45.7. The fourth-order valence-corrected chi connectivity index (χ4v) is 9.41. The van der Waals surface area contributed by atoms with Crippen LogP contribution in [0.1, 0.15) is 78.8 Å². The van der Waals surface area contributed by atoms with Gasteiger partial charge in [0.1, 0.15) is 36.2 Å². The summed E-state index contributed by atoms with van der Waals surface area (Å²) in [4.78, 5) is 44.7. The number of aldehydes is 1. The molecule has 1 amide bonds. The molecule has 3 aromatic rings. The number of nitrogens with zero attached hydrogens (tertiary/aromatic N) is 3. The van der Waals surface area contributed by atoms with Gasteiger partial charge in [0.25, 0.3) is 5.69 Å². The van der Waals surface area contributed by atoms with Gasteiger partial charge in [-0.05, 0) is 97.5 Å². The smallest absolute Gasteiger partial charge is 0.410 e. The molecule has 2 aliphatic carbocycles. The van der Waals surface area contributed by atoms with E-state index in [9.17, 15) is 35.0 Å². The molecule has 16 nitrogen and oxygen atoms in total. The number of carbonyl (C=O) groups excluding carboxylic acids is 2. The number of carbonyl (C=O) groups is 2. The van der Waals surface area contributed by atoms with Crippen LogP contribution in [-0.2, 0) is 25.7 Å². The number of aliphatic hydroxyl groups is 3. The zero-order valence-electron chi connectivity index (χ0n) is 37.2. The van der Waals surface area contributed by atoms with Gasteiger partial charge >= 0.3 is 6.09 Å². The number of amides is 1. The molecule has 1 fully saturated rings. The summed E-state index contributed by atoms with van der Waals surface area (Å²) in [6.07, 6.45) is 10.1. The molecule has 6 atom stereocenters.